The number of fused-ring (bicyclic) bond motifs is 1. The Morgan fingerprint density at radius 3 is 2.51 bits per heavy atom. The van der Waals surface area contributed by atoms with Crippen molar-refractivity contribution in [3.05, 3.63) is 86.4 Å². The molecule has 2 aromatic rings. The molecule has 37 heavy (non-hydrogen) atoms. The molecule has 2 aromatic carbocycles. The van der Waals surface area contributed by atoms with E-state index >= 15 is 0 Å². The number of nitrogens with one attached hydrogen (secondary N) is 1. The van der Waals surface area contributed by atoms with Crippen LogP contribution in [0.25, 0.3) is 0 Å². The zero-order chi connectivity index (χ0) is 26.7. The average Bonchev–Trinajstić information content (AvgIpc) is 3.22. The molecule has 2 amide bonds. The monoisotopic (exact) mass is 525 g/mol. The number of hydrogen-bond donors (Lipinski definition) is 1. The Bertz CT molecular complexity index is 1250. The molecule has 194 valence electrons. The molecule has 4 rings (SSSR count). The highest BCUT2D eigenvalue weighted by atomic mass is 32.2. The number of nitrogens with zero attached hydrogens (tertiary/aromatic N) is 2. The maximum Gasteiger partial charge on any atom is 0.360 e. The van der Waals surface area contributed by atoms with Crippen LogP contribution in [0, 0.1) is 22.0 Å². The first-order chi connectivity index (χ1) is 17.7. The molecule has 1 N–H and O–H groups in total. The Labute approximate surface area is 217 Å². The maximum atomic E-state index is 13.3. The molecule has 3 unspecified atom stereocenters. The lowest BCUT2D eigenvalue weighted by atomic mass is 9.79. The van der Waals surface area contributed by atoms with E-state index < -0.39 is 22.1 Å². The minimum Gasteiger partial charge on any atom is -0.612 e. The third kappa shape index (κ3) is 5.37. The summed E-state index contributed by atoms with van der Waals surface area (Å²) in [7, 11) is 0. The third-order valence-corrected chi connectivity index (χ3v) is 8.00. The molecule has 2 aliphatic heterocycles. The molecular weight excluding hydrogens is 498 g/mol. The predicted octanol–water partition coefficient (Wildman–Crippen LogP) is 2.92. The Hall–Kier alpha value is -3.70. The van der Waals surface area contributed by atoms with Gasteiger partial charge in [-0.1, -0.05) is 44.2 Å². The van der Waals surface area contributed by atoms with Crippen molar-refractivity contribution in [1.29, 1.82) is 0 Å². The van der Waals surface area contributed by atoms with Crippen molar-refractivity contribution in [2.45, 2.75) is 32.9 Å². The SMILES string of the molecule is CC(C)C1C(=O)N2C(C(=O)OCc3ccccc3[N+](=O)[O-])=C([S+]([O-])CCNC(=O)c3ccccc3)CC12. The quantitative estimate of drug-likeness (QED) is 0.165. The van der Waals surface area contributed by atoms with E-state index in [1.807, 2.05) is 13.8 Å². The molecule has 0 aliphatic carbocycles. The van der Waals surface area contributed by atoms with Gasteiger partial charge >= 0.3 is 5.97 Å². The van der Waals surface area contributed by atoms with Gasteiger partial charge in [0.2, 0.25) is 5.91 Å². The van der Waals surface area contributed by atoms with Gasteiger partial charge in [0, 0.05) is 18.1 Å². The Balaban J connectivity index is 1.49. The number of para-hydroxylation sites is 1. The van der Waals surface area contributed by atoms with Gasteiger partial charge < -0.3 is 14.6 Å². The number of nitro benzene ring substituents is 1. The number of carbonyl (C=O) groups excluding carboxylic acids is 3. The summed E-state index contributed by atoms with van der Waals surface area (Å²) in [6.45, 7) is 3.57. The van der Waals surface area contributed by atoms with Crippen molar-refractivity contribution in [1.82, 2.24) is 10.2 Å². The van der Waals surface area contributed by atoms with Crippen LogP contribution in [0.15, 0.2) is 65.2 Å². The summed E-state index contributed by atoms with van der Waals surface area (Å²) in [5.41, 5.74) is 0.434. The lowest BCUT2D eigenvalue weighted by Crippen LogP contribution is -2.60. The summed E-state index contributed by atoms with van der Waals surface area (Å²) in [6, 6.07) is 14.2. The van der Waals surface area contributed by atoms with Gasteiger partial charge in [0.1, 0.15) is 12.4 Å². The van der Waals surface area contributed by atoms with Gasteiger partial charge in [-0.3, -0.25) is 24.6 Å². The molecule has 1 fully saturated rings. The molecule has 0 bridgehead atoms. The Kier molecular flexibility index (Phi) is 7.94. The van der Waals surface area contributed by atoms with Gasteiger partial charge in [0.05, 0.1) is 29.0 Å². The van der Waals surface area contributed by atoms with E-state index in [0.29, 0.717) is 10.5 Å². The van der Waals surface area contributed by atoms with Crippen LogP contribution in [0.4, 0.5) is 5.69 Å². The van der Waals surface area contributed by atoms with E-state index in [-0.39, 0.29) is 72.0 Å². The van der Waals surface area contributed by atoms with E-state index in [1.54, 1.807) is 36.4 Å². The molecule has 0 radical (unpaired) electrons. The summed E-state index contributed by atoms with van der Waals surface area (Å²) in [5, 5.41) is 14.0. The van der Waals surface area contributed by atoms with Gasteiger partial charge in [-0.15, -0.1) is 0 Å². The summed E-state index contributed by atoms with van der Waals surface area (Å²) in [4.78, 5) is 50.7. The number of rotatable bonds is 10. The molecule has 0 saturated carbocycles. The van der Waals surface area contributed by atoms with Crippen LogP contribution in [-0.4, -0.2) is 50.5 Å². The zero-order valence-electron chi connectivity index (χ0n) is 20.4. The first-order valence-electron chi connectivity index (χ1n) is 11.9. The van der Waals surface area contributed by atoms with Gasteiger partial charge in [0.15, 0.2) is 10.6 Å². The highest BCUT2D eigenvalue weighted by molar-refractivity contribution is 7.95. The zero-order valence-corrected chi connectivity index (χ0v) is 21.2. The number of nitro groups is 1. The minimum absolute atomic E-state index is 0.0379. The highest BCUT2D eigenvalue weighted by Crippen LogP contribution is 2.47. The second-order valence-corrected chi connectivity index (χ2v) is 10.7. The Morgan fingerprint density at radius 1 is 1.16 bits per heavy atom. The van der Waals surface area contributed by atoms with Crippen LogP contribution in [0.5, 0.6) is 0 Å². The topological polar surface area (TPSA) is 142 Å². The summed E-state index contributed by atoms with van der Waals surface area (Å²) in [5.74, 6) is -1.60. The molecule has 0 spiro atoms. The molecule has 1 saturated heterocycles. The lowest BCUT2D eigenvalue weighted by molar-refractivity contribution is -0.385. The van der Waals surface area contributed by atoms with E-state index in [4.69, 9.17) is 4.74 Å². The normalized spacial score (nSPS) is 19.4. The van der Waals surface area contributed by atoms with Crippen LogP contribution < -0.4 is 5.32 Å². The molecule has 3 atom stereocenters. The number of esters is 1. The van der Waals surface area contributed by atoms with Crippen LogP contribution >= 0.6 is 0 Å². The summed E-state index contributed by atoms with van der Waals surface area (Å²) >= 11 is -1.66. The van der Waals surface area contributed by atoms with Crippen molar-refractivity contribution < 1.29 is 28.6 Å². The lowest BCUT2D eigenvalue weighted by Gasteiger charge is -2.45. The number of ether oxygens (including phenoxy) is 1. The molecule has 2 heterocycles. The fourth-order valence-electron chi connectivity index (χ4n) is 4.72. The maximum absolute atomic E-state index is 13.3. The van der Waals surface area contributed by atoms with E-state index in [1.165, 1.54) is 23.1 Å². The van der Waals surface area contributed by atoms with E-state index in [2.05, 4.69) is 5.32 Å². The summed E-state index contributed by atoms with van der Waals surface area (Å²) < 4.78 is 18.6. The van der Waals surface area contributed by atoms with E-state index in [0.717, 1.165) is 0 Å². The number of β-lactam (4-membered cyclic amide) rings is 1. The standard InChI is InChI=1S/C26H27N3O7S/c1-16(2)22-20-14-21(37(35)13-12-27-24(30)17-8-4-3-5-9-17)23(28(20)25(22)31)26(32)36-15-18-10-6-7-11-19(18)29(33)34/h3-11,16,20,22H,12-15H2,1-2H3,(H,27,30). The van der Waals surface area contributed by atoms with Crippen LogP contribution in [0.3, 0.4) is 0 Å². The highest BCUT2D eigenvalue weighted by Gasteiger charge is 2.58. The molecule has 10 nitrogen and oxygen atoms in total. The van der Waals surface area contributed by atoms with Crippen LogP contribution in [0.2, 0.25) is 0 Å². The van der Waals surface area contributed by atoms with Gasteiger partial charge in [-0.2, -0.15) is 0 Å². The fraction of sp³-hybridized carbons (Fsp3) is 0.346. The smallest absolute Gasteiger partial charge is 0.360 e. The van der Waals surface area contributed by atoms with Crippen molar-refractivity contribution in [3.8, 4) is 0 Å². The van der Waals surface area contributed by atoms with Crippen LogP contribution in [0.1, 0.15) is 36.2 Å². The second kappa shape index (κ2) is 11.1. The van der Waals surface area contributed by atoms with Crippen molar-refractivity contribution in [2.24, 2.45) is 11.8 Å². The first-order valence-corrected chi connectivity index (χ1v) is 13.2. The largest absolute Gasteiger partial charge is 0.612 e. The van der Waals surface area contributed by atoms with Gasteiger partial charge in [0.25, 0.3) is 11.6 Å². The number of carbonyl (C=O) groups is 3. The third-order valence-electron chi connectivity index (χ3n) is 6.51. The Morgan fingerprint density at radius 2 is 1.84 bits per heavy atom. The van der Waals surface area contributed by atoms with Crippen molar-refractivity contribution in [3.63, 3.8) is 0 Å². The van der Waals surface area contributed by atoms with E-state index in [9.17, 15) is 29.1 Å². The number of amides is 2. The fourth-order valence-corrected chi connectivity index (χ4v) is 6.01. The molecule has 0 aromatic heterocycles. The molecular formula is C26H27N3O7S. The molecule has 11 heteroatoms. The minimum atomic E-state index is -1.66. The first kappa shape index (κ1) is 26.4. The van der Waals surface area contributed by atoms with Gasteiger partial charge in [-0.25, -0.2) is 4.79 Å². The number of hydrogen-bond acceptors (Lipinski definition) is 7. The average molecular weight is 526 g/mol. The van der Waals surface area contributed by atoms with Gasteiger partial charge in [-0.05, 0) is 35.3 Å². The predicted molar refractivity (Wildman–Crippen MR) is 135 cm³/mol. The summed E-state index contributed by atoms with van der Waals surface area (Å²) in [6.07, 6.45) is 0.268. The molecule has 2 aliphatic rings. The van der Waals surface area contributed by atoms with Crippen LogP contribution in [-0.2, 0) is 32.1 Å². The van der Waals surface area contributed by atoms with Crippen molar-refractivity contribution >= 4 is 34.6 Å². The second-order valence-electron chi connectivity index (χ2n) is 9.15. The number of benzene rings is 2. The van der Waals surface area contributed by atoms with Crippen molar-refractivity contribution in [2.75, 3.05) is 12.3 Å².